The number of rotatable bonds is 4. The van der Waals surface area contributed by atoms with Crippen LogP contribution in [0.2, 0.25) is 0 Å². The highest BCUT2D eigenvalue weighted by atomic mass is 14.5. The average molecular weight is 683 g/mol. The van der Waals surface area contributed by atoms with Crippen LogP contribution in [0.5, 0.6) is 0 Å². The maximum atomic E-state index is 11.3. The molecule has 8 heteroatoms. The van der Waals surface area contributed by atoms with E-state index in [-0.39, 0.29) is 66.8 Å². The molecule has 0 saturated heterocycles. The number of allylic oxidation sites excluding steroid dienone is 8. The van der Waals surface area contributed by atoms with E-state index in [1.165, 1.54) is 0 Å². The average Bonchev–Trinajstić information content (AvgIpc) is 3.75. The SMILES string of the molecule is N#CC1=C(c2ccccc2)/C(=C(/C#N)c2ccc(C#N)cc2)c2c(C#N)c3c(c(C#N)c21)C(C#N)=C(c1ccccc1)/C3=C(/C#N)c1ccc(C#N)cc1. The predicted octanol–water partition coefficient (Wildman–Crippen LogP) is 8.94. The van der Waals surface area contributed by atoms with Crippen molar-refractivity contribution < 1.29 is 0 Å². The van der Waals surface area contributed by atoms with Crippen molar-refractivity contribution in [3.05, 3.63) is 176 Å². The van der Waals surface area contributed by atoms with E-state index in [0.717, 1.165) is 0 Å². The molecule has 0 spiro atoms. The molecule has 0 bridgehead atoms. The number of fused-ring (bicyclic) bond motifs is 2. The van der Waals surface area contributed by atoms with Crippen LogP contribution in [0.4, 0.5) is 0 Å². The smallest absolute Gasteiger partial charge is 0.101 e. The van der Waals surface area contributed by atoms with Crippen molar-refractivity contribution >= 4 is 44.6 Å². The van der Waals surface area contributed by atoms with Gasteiger partial charge < -0.3 is 0 Å². The Kier molecular flexibility index (Phi) is 8.50. The highest BCUT2D eigenvalue weighted by Gasteiger charge is 2.43. The van der Waals surface area contributed by atoms with Crippen LogP contribution in [0, 0.1) is 90.6 Å². The summed E-state index contributed by atoms with van der Waals surface area (Å²) in [6, 6.07) is 48.1. The Labute approximate surface area is 310 Å². The molecule has 0 aliphatic heterocycles. The van der Waals surface area contributed by atoms with Gasteiger partial charge in [0.25, 0.3) is 0 Å². The zero-order valence-electron chi connectivity index (χ0n) is 28.0. The fourth-order valence-electron chi connectivity index (χ4n) is 7.19. The second-order valence-corrected chi connectivity index (χ2v) is 12.0. The van der Waals surface area contributed by atoms with Gasteiger partial charge in [-0.15, -0.1) is 0 Å². The minimum atomic E-state index is -0.0619. The van der Waals surface area contributed by atoms with Crippen molar-refractivity contribution in [3.63, 3.8) is 0 Å². The molecule has 0 amide bonds. The molecule has 2 aliphatic rings. The molecule has 0 radical (unpaired) electrons. The quantitative estimate of drug-likeness (QED) is 0.168. The number of nitriles is 8. The van der Waals surface area contributed by atoms with Gasteiger partial charge in [0.05, 0.1) is 56.7 Å². The summed E-state index contributed by atoms with van der Waals surface area (Å²) in [4.78, 5) is 0. The van der Waals surface area contributed by atoms with E-state index in [2.05, 4.69) is 48.6 Å². The van der Waals surface area contributed by atoms with E-state index in [1.807, 2.05) is 0 Å². The second-order valence-electron chi connectivity index (χ2n) is 12.0. The second kappa shape index (κ2) is 13.7. The van der Waals surface area contributed by atoms with Gasteiger partial charge in [0, 0.05) is 44.5 Å². The number of hydrogen-bond acceptors (Lipinski definition) is 8. The van der Waals surface area contributed by atoms with Crippen molar-refractivity contribution in [2.75, 3.05) is 0 Å². The van der Waals surface area contributed by atoms with Crippen molar-refractivity contribution in [1.82, 2.24) is 0 Å². The summed E-state index contributed by atoms with van der Waals surface area (Å²) in [7, 11) is 0. The Balaban J connectivity index is 1.75. The highest BCUT2D eigenvalue weighted by molar-refractivity contribution is 6.36. The predicted molar refractivity (Wildman–Crippen MR) is 201 cm³/mol. The lowest BCUT2D eigenvalue weighted by Gasteiger charge is -2.18. The third kappa shape index (κ3) is 5.01. The number of nitrogens with zero attached hydrogens (tertiary/aromatic N) is 8. The van der Waals surface area contributed by atoms with Gasteiger partial charge in [0.15, 0.2) is 0 Å². The van der Waals surface area contributed by atoms with Crippen molar-refractivity contribution in [1.29, 1.82) is 42.1 Å². The highest BCUT2D eigenvalue weighted by Crippen LogP contribution is 2.59. The van der Waals surface area contributed by atoms with Gasteiger partial charge in [-0.2, -0.15) is 42.1 Å². The van der Waals surface area contributed by atoms with Gasteiger partial charge in [0.1, 0.15) is 36.4 Å². The fourth-order valence-corrected chi connectivity index (χ4v) is 7.19. The Morgan fingerprint density at radius 2 is 0.704 bits per heavy atom. The molecular weight excluding hydrogens is 665 g/mol. The fraction of sp³-hybridized carbons (Fsp3) is 0. The molecule has 0 fully saturated rings. The Hall–Kier alpha value is -9.02. The van der Waals surface area contributed by atoms with Crippen LogP contribution < -0.4 is 0 Å². The Morgan fingerprint density at radius 3 is 1.00 bits per heavy atom. The van der Waals surface area contributed by atoms with Crippen molar-refractivity contribution in [2.45, 2.75) is 0 Å². The largest absolute Gasteiger partial charge is 0.192 e. The van der Waals surface area contributed by atoms with Gasteiger partial charge in [-0.3, -0.25) is 0 Å². The van der Waals surface area contributed by atoms with Gasteiger partial charge in [-0.1, -0.05) is 84.9 Å². The molecule has 0 heterocycles. The van der Waals surface area contributed by atoms with Gasteiger partial charge in [0.2, 0.25) is 0 Å². The van der Waals surface area contributed by atoms with Crippen LogP contribution in [0.25, 0.3) is 44.6 Å². The van der Waals surface area contributed by atoms with Crippen LogP contribution in [0.1, 0.15) is 66.8 Å². The first-order chi connectivity index (χ1) is 26.5. The summed E-state index contributed by atoms with van der Waals surface area (Å²) < 4.78 is 0. The molecule has 54 heavy (non-hydrogen) atoms. The van der Waals surface area contributed by atoms with Gasteiger partial charge in [-0.25, -0.2) is 0 Å². The molecule has 0 atom stereocenters. The van der Waals surface area contributed by atoms with Crippen molar-refractivity contribution in [3.8, 4) is 48.6 Å². The van der Waals surface area contributed by atoms with Gasteiger partial charge >= 0.3 is 0 Å². The van der Waals surface area contributed by atoms with Crippen LogP contribution in [-0.4, -0.2) is 0 Å². The normalized spacial score (nSPS) is 14.1. The summed E-state index contributed by atoms with van der Waals surface area (Å²) in [5, 5.41) is 84.9. The van der Waals surface area contributed by atoms with E-state index in [1.54, 1.807) is 109 Å². The van der Waals surface area contributed by atoms with E-state index >= 15 is 0 Å². The topological polar surface area (TPSA) is 190 Å². The lowest BCUT2D eigenvalue weighted by atomic mass is 9.81. The van der Waals surface area contributed by atoms with Crippen molar-refractivity contribution in [2.24, 2.45) is 0 Å². The van der Waals surface area contributed by atoms with E-state index in [4.69, 9.17) is 0 Å². The number of benzene rings is 5. The molecule has 2 aliphatic carbocycles. The molecule has 5 aromatic rings. The first kappa shape index (κ1) is 33.5. The summed E-state index contributed by atoms with van der Waals surface area (Å²) in [6.07, 6.45) is 0. The van der Waals surface area contributed by atoms with Crippen LogP contribution in [0.15, 0.2) is 109 Å². The molecule has 5 aromatic carbocycles. The van der Waals surface area contributed by atoms with E-state index in [9.17, 15) is 42.1 Å². The zero-order chi connectivity index (χ0) is 37.9. The third-order valence-electron chi connectivity index (χ3n) is 9.40. The summed E-state index contributed by atoms with van der Waals surface area (Å²) >= 11 is 0. The Morgan fingerprint density at radius 1 is 0.352 bits per heavy atom. The molecule has 0 saturated carbocycles. The monoisotopic (exact) mass is 682 g/mol. The molecular formula is C46H18N8. The van der Waals surface area contributed by atoms with Crippen LogP contribution >= 0.6 is 0 Å². The maximum Gasteiger partial charge on any atom is 0.101 e. The first-order valence-electron chi connectivity index (χ1n) is 16.3. The van der Waals surface area contributed by atoms with E-state index < -0.39 is 0 Å². The number of hydrogen-bond donors (Lipinski definition) is 0. The molecule has 0 unspecified atom stereocenters. The zero-order valence-corrected chi connectivity index (χ0v) is 28.0. The van der Waals surface area contributed by atoms with Gasteiger partial charge in [-0.05, 0) is 46.5 Å². The molecule has 242 valence electrons. The maximum absolute atomic E-state index is 11.3. The summed E-state index contributed by atoms with van der Waals surface area (Å²) in [5.74, 6) is 0. The first-order valence-corrected chi connectivity index (χ1v) is 16.3. The third-order valence-corrected chi connectivity index (χ3v) is 9.40. The lowest BCUT2D eigenvalue weighted by Crippen LogP contribution is -2.05. The Bertz CT molecular complexity index is 2770. The lowest BCUT2D eigenvalue weighted by molar-refractivity contribution is 1.38. The summed E-state index contributed by atoms with van der Waals surface area (Å²) in [6.45, 7) is 0. The molecule has 0 N–H and O–H groups in total. The standard InChI is InChI=1S/C46H18N8/c47-19-27-11-15-29(16-12-27)33(21-49)43-39(31-7-3-1-4-8-31)35(23-51)41-37(25-53)42-36(24-52)40(32-9-5-2-6-10-32)44(46(42)38(26-54)45(41)43)34(22-50)30-17-13-28(20-48)14-18-30/h1-18H/b43-33+,44-34+. The summed E-state index contributed by atoms with van der Waals surface area (Å²) in [5.41, 5.74) is 4.30. The molecule has 8 nitrogen and oxygen atoms in total. The molecule has 7 rings (SSSR count). The minimum Gasteiger partial charge on any atom is -0.192 e. The van der Waals surface area contributed by atoms with E-state index in [0.29, 0.717) is 44.5 Å². The van der Waals surface area contributed by atoms with Crippen LogP contribution in [0.3, 0.4) is 0 Å². The minimum absolute atomic E-state index is 0.0343. The van der Waals surface area contributed by atoms with Crippen LogP contribution in [-0.2, 0) is 0 Å². The molecule has 0 aromatic heterocycles.